The van der Waals surface area contributed by atoms with E-state index in [-0.39, 0.29) is 12.3 Å². The van der Waals surface area contributed by atoms with Gasteiger partial charge < -0.3 is 10.1 Å². The largest absolute Gasteiger partial charge is 0.495 e. The molecule has 24 heavy (non-hydrogen) atoms. The molecule has 1 aliphatic rings. The lowest BCUT2D eigenvalue weighted by molar-refractivity contribution is -0.115. The number of nitrogens with one attached hydrogen (secondary N) is 1. The van der Waals surface area contributed by atoms with Crippen molar-refractivity contribution in [3.05, 3.63) is 39.3 Å². The number of thiazole rings is 1. The van der Waals surface area contributed by atoms with Gasteiger partial charge in [-0.3, -0.25) is 9.69 Å². The molecule has 0 radical (unpaired) electrons. The van der Waals surface area contributed by atoms with Crippen molar-refractivity contribution in [1.29, 1.82) is 0 Å². The van der Waals surface area contributed by atoms with E-state index in [1.165, 1.54) is 12.8 Å². The lowest BCUT2D eigenvalue weighted by atomic mass is 10.2. The molecule has 0 bridgehead atoms. The molecular formula is C17H20ClN3O2S. The van der Waals surface area contributed by atoms with E-state index >= 15 is 0 Å². The zero-order valence-electron chi connectivity index (χ0n) is 13.5. The Morgan fingerprint density at radius 3 is 2.92 bits per heavy atom. The summed E-state index contributed by atoms with van der Waals surface area (Å²) >= 11 is 7.69. The number of nitrogens with zero attached hydrogens (tertiary/aromatic N) is 2. The van der Waals surface area contributed by atoms with Crippen molar-refractivity contribution in [2.24, 2.45) is 0 Å². The summed E-state index contributed by atoms with van der Waals surface area (Å²) in [5.41, 5.74) is 1.46. The topological polar surface area (TPSA) is 54.5 Å². The van der Waals surface area contributed by atoms with Crippen LogP contribution in [0, 0.1) is 0 Å². The van der Waals surface area contributed by atoms with Crippen LogP contribution in [0.3, 0.4) is 0 Å². The number of carbonyl (C=O) groups excluding carboxylic acids is 1. The van der Waals surface area contributed by atoms with Crippen LogP contribution in [0.15, 0.2) is 23.6 Å². The standard InChI is InChI=1S/C17H20ClN3O2S/c1-23-15-5-4-12(8-14(15)18)19-16(22)9-13-11-24-17(20-13)10-21-6-2-3-7-21/h4-5,8,11H,2-3,6-7,9-10H2,1H3,(H,19,22). The summed E-state index contributed by atoms with van der Waals surface area (Å²) in [6, 6.07) is 5.18. The average Bonchev–Trinajstić information content (AvgIpc) is 3.20. The number of ether oxygens (including phenoxy) is 1. The van der Waals surface area contributed by atoms with Gasteiger partial charge in [0.25, 0.3) is 0 Å². The first-order valence-electron chi connectivity index (χ1n) is 7.93. The number of halogens is 1. The number of hydrogen-bond acceptors (Lipinski definition) is 5. The van der Waals surface area contributed by atoms with Gasteiger partial charge in [0, 0.05) is 11.1 Å². The fourth-order valence-electron chi connectivity index (χ4n) is 2.75. The number of carbonyl (C=O) groups is 1. The highest BCUT2D eigenvalue weighted by atomic mass is 35.5. The molecule has 0 atom stereocenters. The van der Waals surface area contributed by atoms with Crippen LogP contribution >= 0.6 is 22.9 Å². The Morgan fingerprint density at radius 1 is 1.42 bits per heavy atom. The molecule has 1 aliphatic heterocycles. The molecule has 0 unspecified atom stereocenters. The number of methoxy groups -OCH3 is 1. The molecule has 0 aliphatic carbocycles. The molecule has 1 amide bonds. The van der Waals surface area contributed by atoms with E-state index in [1.54, 1.807) is 36.6 Å². The van der Waals surface area contributed by atoms with Gasteiger partial charge >= 0.3 is 0 Å². The zero-order chi connectivity index (χ0) is 16.9. The summed E-state index contributed by atoms with van der Waals surface area (Å²) in [6.45, 7) is 3.18. The van der Waals surface area contributed by atoms with Gasteiger partial charge in [-0.1, -0.05) is 11.6 Å². The van der Waals surface area contributed by atoms with Crippen molar-refractivity contribution in [1.82, 2.24) is 9.88 Å². The Hall–Kier alpha value is -1.63. The van der Waals surface area contributed by atoms with E-state index in [1.807, 2.05) is 5.38 Å². The molecule has 128 valence electrons. The molecule has 1 saturated heterocycles. The van der Waals surface area contributed by atoms with Gasteiger partial charge in [-0.25, -0.2) is 4.98 Å². The third kappa shape index (κ3) is 4.47. The molecular weight excluding hydrogens is 346 g/mol. The molecule has 1 aromatic carbocycles. The zero-order valence-corrected chi connectivity index (χ0v) is 15.1. The first-order valence-corrected chi connectivity index (χ1v) is 9.19. The van der Waals surface area contributed by atoms with E-state index in [2.05, 4.69) is 15.2 Å². The number of likely N-dealkylation sites (tertiary alicyclic amines) is 1. The maximum atomic E-state index is 12.2. The van der Waals surface area contributed by atoms with Gasteiger partial charge in [0.05, 0.1) is 30.8 Å². The minimum atomic E-state index is -0.103. The van der Waals surface area contributed by atoms with Gasteiger partial charge in [-0.05, 0) is 44.1 Å². The second-order valence-corrected chi connectivity index (χ2v) is 7.14. The normalized spacial score (nSPS) is 14.8. The third-order valence-corrected chi connectivity index (χ3v) is 5.11. The molecule has 5 nitrogen and oxygen atoms in total. The van der Waals surface area contributed by atoms with Crippen LogP contribution in [0.2, 0.25) is 5.02 Å². The molecule has 1 N–H and O–H groups in total. The van der Waals surface area contributed by atoms with Crippen LogP contribution < -0.4 is 10.1 Å². The summed E-state index contributed by atoms with van der Waals surface area (Å²) in [7, 11) is 1.56. The molecule has 2 heterocycles. The number of hydrogen-bond donors (Lipinski definition) is 1. The minimum absolute atomic E-state index is 0.103. The van der Waals surface area contributed by atoms with Crippen LogP contribution in [0.1, 0.15) is 23.5 Å². The molecule has 3 rings (SSSR count). The predicted octanol–water partition coefficient (Wildman–Crippen LogP) is 3.58. The quantitative estimate of drug-likeness (QED) is 0.850. The first-order chi connectivity index (χ1) is 11.6. The predicted molar refractivity (Wildman–Crippen MR) is 97.0 cm³/mol. The van der Waals surface area contributed by atoms with E-state index in [4.69, 9.17) is 16.3 Å². The minimum Gasteiger partial charge on any atom is -0.495 e. The summed E-state index contributed by atoms with van der Waals surface area (Å²) in [5.74, 6) is 0.481. The molecule has 7 heteroatoms. The first kappa shape index (κ1) is 17.2. The molecule has 0 spiro atoms. The van der Waals surface area contributed by atoms with Gasteiger partial charge in [0.15, 0.2) is 0 Å². The van der Waals surface area contributed by atoms with Crippen LogP contribution in [-0.2, 0) is 17.8 Å². The van der Waals surface area contributed by atoms with E-state index < -0.39 is 0 Å². The summed E-state index contributed by atoms with van der Waals surface area (Å²) in [4.78, 5) is 19.1. The maximum absolute atomic E-state index is 12.2. The Balaban J connectivity index is 1.54. The van der Waals surface area contributed by atoms with E-state index in [9.17, 15) is 4.79 Å². The number of rotatable bonds is 6. The second kappa shape index (κ2) is 7.96. The van der Waals surface area contributed by atoms with Gasteiger partial charge in [-0.15, -0.1) is 11.3 Å². The summed E-state index contributed by atoms with van der Waals surface area (Å²) in [5, 5.41) is 6.35. The van der Waals surface area contributed by atoms with Crippen LogP contribution in [0.5, 0.6) is 5.75 Å². The van der Waals surface area contributed by atoms with Gasteiger partial charge in [0.1, 0.15) is 10.8 Å². The maximum Gasteiger partial charge on any atom is 0.230 e. The molecule has 2 aromatic rings. The highest BCUT2D eigenvalue weighted by Gasteiger charge is 2.15. The average molecular weight is 366 g/mol. The van der Waals surface area contributed by atoms with Crippen molar-refractivity contribution in [3.63, 3.8) is 0 Å². The Kier molecular flexibility index (Phi) is 5.71. The fraction of sp³-hybridized carbons (Fsp3) is 0.412. The Morgan fingerprint density at radius 2 is 2.21 bits per heavy atom. The SMILES string of the molecule is COc1ccc(NC(=O)Cc2csc(CN3CCCC3)n2)cc1Cl. The number of aromatic nitrogens is 1. The highest BCUT2D eigenvalue weighted by Crippen LogP contribution is 2.27. The van der Waals surface area contributed by atoms with Crippen LogP contribution in [0.25, 0.3) is 0 Å². The summed E-state index contributed by atoms with van der Waals surface area (Å²) in [6.07, 6.45) is 2.80. The van der Waals surface area contributed by atoms with Crippen molar-refractivity contribution in [2.75, 3.05) is 25.5 Å². The van der Waals surface area contributed by atoms with E-state index in [0.29, 0.717) is 16.5 Å². The van der Waals surface area contributed by atoms with Crippen molar-refractivity contribution < 1.29 is 9.53 Å². The lowest BCUT2D eigenvalue weighted by Gasteiger charge is -2.11. The Labute approximate surface area is 150 Å². The monoisotopic (exact) mass is 365 g/mol. The van der Waals surface area contributed by atoms with E-state index in [0.717, 1.165) is 30.3 Å². The molecule has 0 saturated carbocycles. The number of benzene rings is 1. The van der Waals surface area contributed by atoms with Gasteiger partial charge in [0.2, 0.25) is 5.91 Å². The third-order valence-electron chi connectivity index (χ3n) is 3.93. The smallest absolute Gasteiger partial charge is 0.230 e. The van der Waals surface area contributed by atoms with Crippen LogP contribution in [-0.4, -0.2) is 36.0 Å². The lowest BCUT2D eigenvalue weighted by Crippen LogP contribution is -2.18. The number of amides is 1. The highest BCUT2D eigenvalue weighted by molar-refractivity contribution is 7.09. The van der Waals surface area contributed by atoms with Crippen molar-refractivity contribution in [2.45, 2.75) is 25.8 Å². The van der Waals surface area contributed by atoms with Gasteiger partial charge in [-0.2, -0.15) is 0 Å². The molecule has 1 aromatic heterocycles. The molecule has 1 fully saturated rings. The Bertz CT molecular complexity index is 714. The van der Waals surface area contributed by atoms with Crippen LogP contribution in [0.4, 0.5) is 5.69 Å². The van der Waals surface area contributed by atoms with Crippen molar-refractivity contribution in [3.8, 4) is 5.75 Å². The number of anilines is 1. The summed E-state index contributed by atoms with van der Waals surface area (Å²) < 4.78 is 5.10. The van der Waals surface area contributed by atoms with Crippen molar-refractivity contribution >= 4 is 34.5 Å². The second-order valence-electron chi connectivity index (χ2n) is 5.79. The fourth-order valence-corrected chi connectivity index (χ4v) is 3.84.